The van der Waals surface area contributed by atoms with Gasteiger partial charge < -0.3 is 15.4 Å². The van der Waals surface area contributed by atoms with E-state index in [1.165, 1.54) is 0 Å². The Labute approximate surface area is 98.2 Å². The fourth-order valence-corrected chi connectivity index (χ4v) is 1.59. The molecule has 16 heavy (non-hydrogen) atoms. The lowest BCUT2D eigenvalue weighted by Gasteiger charge is -2.25. The number of nitrogens with zero attached hydrogens (tertiary/aromatic N) is 1. The van der Waals surface area contributed by atoms with Gasteiger partial charge in [-0.1, -0.05) is 18.2 Å². The Morgan fingerprint density at radius 3 is 2.50 bits per heavy atom. The van der Waals surface area contributed by atoms with Crippen molar-refractivity contribution in [3.63, 3.8) is 0 Å². The van der Waals surface area contributed by atoms with Gasteiger partial charge in [-0.3, -0.25) is 0 Å². The van der Waals surface area contributed by atoms with Crippen molar-refractivity contribution in [3.8, 4) is 5.75 Å². The first-order valence-corrected chi connectivity index (χ1v) is 5.65. The molecule has 0 spiro atoms. The fraction of sp³-hybridized carbons (Fsp3) is 0.538. The number of nitrogens with two attached hydrogens (primary N) is 1. The van der Waals surface area contributed by atoms with Crippen LogP contribution in [0.1, 0.15) is 25.5 Å². The van der Waals surface area contributed by atoms with Gasteiger partial charge in [0.2, 0.25) is 0 Å². The van der Waals surface area contributed by atoms with Crippen molar-refractivity contribution in [2.45, 2.75) is 25.9 Å². The van der Waals surface area contributed by atoms with Gasteiger partial charge in [-0.2, -0.15) is 0 Å². The second-order valence-corrected chi connectivity index (χ2v) is 4.38. The maximum Gasteiger partial charge on any atom is 0.123 e. The zero-order valence-corrected chi connectivity index (χ0v) is 10.6. The molecule has 0 aliphatic rings. The van der Waals surface area contributed by atoms with E-state index in [1.54, 1.807) is 7.11 Å². The Bertz CT molecular complexity index is 325. The Morgan fingerprint density at radius 2 is 1.94 bits per heavy atom. The topological polar surface area (TPSA) is 38.5 Å². The van der Waals surface area contributed by atoms with Gasteiger partial charge in [0, 0.05) is 24.2 Å². The van der Waals surface area contributed by atoms with E-state index < -0.39 is 0 Å². The largest absolute Gasteiger partial charge is 0.496 e. The van der Waals surface area contributed by atoms with E-state index in [9.17, 15) is 0 Å². The Morgan fingerprint density at radius 1 is 1.31 bits per heavy atom. The van der Waals surface area contributed by atoms with Crippen LogP contribution in [0.15, 0.2) is 24.3 Å². The van der Waals surface area contributed by atoms with Crippen LogP contribution in [0, 0.1) is 0 Å². The number of likely N-dealkylation sites (N-methyl/N-ethyl adjacent to an activating group) is 1. The number of hydrogen-bond donors (Lipinski definition) is 1. The summed E-state index contributed by atoms with van der Waals surface area (Å²) < 4.78 is 5.31. The first-order valence-electron chi connectivity index (χ1n) is 5.65. The highest BCUT2D eigenvalue weighted by atomic mass is 16.5. The molecule has 1 atom stereocenters. The molecule has 90 valence electrons. The highest BCUT2D eigenvalue weighted by Crippen LogP contribution is 2.23. The SMILES string of the molecule is COc1ccccc1C(N)CN(C)C(C)C. The van der Waals surface area contributed by atoms with Gasteiger partial charge in [0.25, 0.3) is 0 Å². The van der Waals surface area contributed by atoms with Gasteiger partial charge in [-0.05, 0) is 27.0 Å². The number of rotatable bonds is 5. The van der Waals surface area contributed by atoms with Crippen LogP contribution in [0.2, 0.25) is 0 Å². The van der Waals surface area contributed by atoms with E-state index >= 15 is 0 Å². The summed E-state index contributed by atoms with van der Waals surface area (Å²) in [4.78, 5) is 2.23. The summed E-state index contributed by atoms with van der Waals surface area (Å²) in [6.07, 6.45) is 0. The van der Waals surface area contributed by atoms with Crippen LogP contribution in [0.5, 0.6) is 5.75 Å². The molecular formula is C13H22N2O. The molecule has 1 unspecified atom stereocenters. The molecule has 0 aliphatic carbocycles. The van der Waals surface area contributed by atoms with E-state index in [0.717, 1.165) is 17.9 Å². The first kappa shape index (κ1) is 13.0. The van der Waals surface area contributed by atoms with Crippen LogP contribution in [0.25, 0.3) is 0 Å². The molecule has 0 heterocycles. The standard InChI is InChI=1S/C13H22N2O/c1-10(2)15(3)9-12(14)11-7-5-6-8-13(11)16-4/h5-8,10,12H,9,14H2,1-4H3. The smallest absolute Gasteiger partial charge is 0.123 e. The lowest BCUT2D eigenvalue weighted by molar-refractivity contribution is 0.255. The zero-order valence-electron chi connectivity index (χ0n) is 10.6. The molecule has 0 radical (unpaired) electrons. The lowest BCUT2D eigenvalue weighted by Crippen LogP contribution is -2.34. The Hall–Kier alpha value is -1.06. The van der Waals surface area contributed by atoms with Crippen LogP contribution >= 0.6 is 0 Å². The third kappa shape index (κ3) is 3.22. The molecule has 2 N–H and O–H groups in total. The third-order valence-corrected chi connectivity index (χ3v) is 2.90. The number of benzene rings is 1. The molecule has 1 rings (SSSR count). The predicted molar refractivity (Wildman–Crippen MR) is 67.7 cm³/mol. The first-order chi connectivity index (χ1) is 7.56. The van der Waals surface area contributed by atoms with Crippen LogP contribution in [0.3, 0.4) is 0 Å². The summed E-state index contributed by atoms with van der Waals surface area (Å²) in [6.45, 7) is 5.15. The quantitative estimate of drug-likeness (QED) is 0.828. The average Bonchev–Trinajstić information content (AvgIpc) is 2.28. The summed E-state index contributed by atoms with van der Waals surface area (Å²) in [5.41, 5.74) is 7.26. The van der Waals surface area contributed by atoms with Crippen molar-refractivity contribution in [2.24, 2.45) is 5.73 Å². The maximum atomic E-state index is 6.19. The fourth-order valence-electron chi connectivity index (χ4n) is 1.59. The zero-order chi connectivity index (χ0) is 12.1. The molecular weight excluding hydrogens is 200 g/mol. The molecule has 3 nitrogen and oxygen atoms in total. The van der Waals surface area contributed by atoms with Crippen LogP contribution in [-0.2, 0) is 0 Å². The van der Waals surface area contributed by atoms with E-state index in [1.807, 2.05) is 24.3 Å². The highest BCUT2D eigenvalue weighted by Gasteiger charge is 2.14. The van der Waals surface area contributed by atoms with E-state index in [4.69, 9.17) is 10.5 Å². The van der Waals surface area contributed by atoms with Gasteiger partial charge in [-0.15, -0.1) is 0 Å². The van der Waals surface area contributed by atoms with Crippen molar-refractivity contribution in [1.82, 2.24) is 4.90 Å². The molecule has 0 bridgehead atoms. The van der Waals surface area contributed by atoms with Crippen LogP contribution < -0.4 is 10.5 Å². The minimum Gasteiger partial charge on any atom is -0.496 e. The minimum atomic E-state index is -0.0106. The number of para-hydroxylation sites is 1. The minimum absolute atomic E-state index is 0.0106. The monoisotopic (exact) mass is 222 g/mol. The Kier molecular flexibility index (Phi) is 4.77. The average molecular weight is 222 g/mol. The highest BCUT2D eigenvalue weighted by molar-refractivity contribution is 5.35. The number of methoxy groups -OCH3 is 1. The second kappa shape index (κ2) is 5.87. The normalized spacial score (nSPS) is 13.2. The molecule has 0 saturated heterocycles. The summed E-state index contributed by atoms with van der Waals surface area (Å²) in [7, 11) is 3.76. The Balaban J connectivity index is 2.76. The molecule has 0 fully saturated rings. The molecule has 0 saturated carbocycles. The number of ether oxygens (including phenoxy) is 1. The summed E-state index contributed by atoms with van der Waals surface area (Å²) in [5, 5.41) is 0. The summed E-state index contributed by atoms with van der Waals surface area (Å²) >= 11 is 0. The van der Waals surface area contributed by atoms with Crippen LogP contribution in [-0.4, -0.2) is 31.6 Å². The van der Waals surface area contributed by atoms with Crippen molar-refractivity contribution in [2.75, 3.05) is 20.7 Å². The van der Waals surface area contributed by atoms with Gasteiger partial charge >= 0.3 is 0 Å². The molecule has 0 aromatic heterocycles. The maximum absolute atomic E-state index is 6.19. The third-order valence-electron chi connectivity index (χ3n) is 2.90. The van der Waals surface area contributed by atoms with Gasteiger partial charge in [0.1, 0.15) is 5.75 Å². The van der Waals surface area contributed by atoms with Gasteiger partial charge in [0.05, 0.1) is 7.11 Å². The van der Waals surface area contributed by atoms with E-state index in [0.29, 0.717) is 6.04 Å². The van der Waals surface area contributed by atoms with Crippen molar-refractivity contribution >= 4 is 0 Å². The molecule has 1 aromatic rings. The summed E-state index contributed by atoms with van der Waals surface area (Å²) in [5.74, 6) is 0.868. The van der Waals surface area contributed by atoms with Crippen molar-refractivity contribution in [3.05, 3.63) is 29.8 Å². The molecule has 3 heteroatoms. The van der Waals surface area contributed by atoms with Gasteiger partial charge in [-0.25, -0.2) is 0 Å². The predicted octanol–water partition coefficient (Wildman–Crippen LogP) is 2.04. The van der Waals surface area contributed by atoms with Crippen molar-refractivity contribution < 1.29 is 4.74 Å². The second-order valence-electron chi connectivity index (χ2n) is 4.38. The van der Waals surface area contributed by atoms with E-state index in [2.05, 4.69) is 25.8 Å². The lowest BCUT2D eigenvalue weighted by atomic mass is 10.1. The molecule has 1 aromatic carbocycles. The molecule has 0 aliphatic heterocycles. The van der Waals surface area contributed by atoms with Crippen molar-refractivity contribution in [1.29, 1.82) is 0 Å². The van der Waals surface area contributed by atoms with E-state index in [-0.39, 0.29) is 6.04 Å². The van der Waals surface area contributed by atoms with Crippen LogP contribution in [0.4, 0.5) is 0 Å². The summed E-state index contributed by atoms with van der Waals surface area (Å²) in [6, 6.07) is 8.42. The van der Waals surface area contributed by atoms with Gasteiger partial charge in [0.15, 0.2) is 0 Å². The molecule has 0 amide bonds. The number of hydrogen-bond acceptors (Lipinski definition) is 3.